The van der Waals surface area contributed by atoms with Crippen molar-refractivity contribution in [2.24, 2.45) is 5.92 Å². The maximum absolute atomic E-state index is 11.8. The zero-order valence-corrected chi connectivity index (χ0v) is 9.96. The minimum atomic E-state index is -2.92. The van der Waals surface area contributed by atoms with Gasteiger partial charge < -0.3 is 10.1 Å². The van der Waals surface area contributed by atoms with E-state index in [0.29, 0.717) is 13.0 Å². The number of sulfone groups is 1. The fourth-order valence-electron chi connectivity index (χ4n) is 2.18. The quantitative estimate of drug-likeness (QED) is 0.728. The molecule has 2 fully saturated rings. The second-order valence-corrected chi connectivity index (χ2v) is 6.75. The van der Waals surface area contributed by atoms with E-state index in [-0.39, 0.29) is 29.4 Å². The van der Waals surface area contributed by atoms with Crippen molar-refractivity contribution in [1.82, 2.24) is 5.32 Å². The summed E-state index contributed by atoms with van der Waals surface area (Å²) in [7, 11) is -2.92. The van der Waals surface area contributed by atoms with Crippen molar-refractivity contribution in [2.45, 2.75) is 25.3 Å². The molecule has 2 unspecified atom stereocenters. The van der Waals surface area contributed by atoms with Crippen LogP contribution in [0.2, 0.25) is 0 Å². The predicted molar refractivity (Wildman–Crippen MR) is 58.7 cm³/mol. The Morgan fingerprint density at radius 2 is 2.12 bits per heavy atom. The van der Waals surface area contributed by atoms with Crippen molar-refractivity contribution in [2.75, 3.05) is 24.7 Å². The first-order valence-corrected chi connectivity index (χ1v) is 7.47. The Bertz CT molecular complexity index is 359. The predicted octanol–water partition coefficient (Wildman–Crippen LogP) is -0.284. The van der Waals surface area contributed by atoms with Crippen LogP contribution < -0.4 is 5.32 Å². The van der Waals surface area contributed by atoms with Crippen LogP contribution in [-0.4, -0.2) is 45.1 Å². The molecule has 0 aromatic rings. The monoisotopic (exact) mass is 247 g/mol. The molecule has 0 aromatic heterocycles. The lowest BCUT2D eigenvalue weighted by molar-refractivity contribution is -0.129. The van der Waals surface area contributed by atoms with Crippen molar-refractivity contribution in [3.05, 3.63) is 0 Å². The highest BCUT2D eigenvalue weighted by Crippen LogP contribution is 2.16. The molecule has 1 N–H and O–H groups in total. The van der Waals surface area contributed by atoms with Gasteiger partial charge in [-0.1, -0.05) is 0 Å². The summed E-state index contributed by atoms with van der Waals surface area (Å²) in [5, 5.41) is 2.81. The lowest BCUT2D eigenvalue weighted by Gasteiger charge is -2.22. The Balaban J connectivity index is 1.83. The number of hydrogen-bond donors (Lipinski definition) is 1. The highest BCUT2D eigenvalue weighted by atomic mass is 32.2. The van der Waals surface area contributed by atoms with Gasteiger partial charge in [-0.15, -0.1) is 0 Å². The maximum Gasteiger partial charge on any atom is 0.225 e. The SMILES string of the molecule is O=C(NC1CCS(=O)(=O)C1)C1CCCOC1. The van der Waals surface area contributed by atoms with E-state index in [1.165, 1.54) is 0 Å². The molecule has 2 heterocycles. The van der Waals surface area contributed by atoms with Crippen LogP contribution in [0.1, 0.15) is 19.3 Å². The van der Waals surface area contributed by atoms with Crippen LogP contribution in [0.3, 0.4) is 0 Å². The Morgan fingerprint density at radius 3 is 2.69 bits per heavy atom. The fourth-order valence-corrected chi connectivity index (χ4v) is 3.85. The maximum atomic E-state index is 11.8. The van der Waals surface area contributed by atoms with Gasteiger partial charge in [-0.2, -0.15) is 0 Å². The summed E-state index contributed by atoms with van der Waals surface area (Å²) < 4.78 is 27.7. The molecule has 92 valence electrons. The first-order chi connectivity index (χ1) is 7.57. The van der Waals surface area contributed by atoms with Gasteiger partial charge in [0.2, 0.25) is 5.91 Å². The number of amides is 1. The Morgan fingerprint density at radius 1 is 1.31 bits per heavy atom. The highest BCUT2D eigenvalue weighted by molar-refractivity contribution is 7.91. The van der Waals surface area contributed by atoms with E-state index in [1.807, 2.05) is 0 Å². The molecule has 0 radical (unpaired) electrons. The van der Waals surface area contributed by atoms with Crippen LogP contribution >= 0.6 is 0 Å². The van der Waals surface area contributed by atoms with Gasteiger partial charge in [-0.3, -0.25) is 4.79 Å². The van der Waals surface area contributed by atoms with E-state index in [0.717, 1.165) is 19.4 Å². The minimum Gasteiger partial charge on any atom is -0.381 e. The summed E-state index contributed by atoms with van der Waals surface area (Å²) in [6.45, 7) is 1.19. The summed E-state index contributed by atoms with van der Waals surface area (Å²) in [6, 6.07) is -0.195. The van der Waals surface area contributed by atoms with Gasteiger partial charge in [0, 0.05) is 12.6 Å². The van der Waals surface area contributed by atoms with Gasteiger partial charge in [-0.05, 0) is 19.3 Å². The molecular weight excluding hydrogens is 230 g/mol. The van der Waals surface area contributed by atoms with E-state index in [2.05, 4.69) is 5.32 Å². The molecule has 0 spiro atoms. The van der Waals surface area contributed by atoms with Gasteiger partial charge in [0.25, 0.3) is 0 Å². The number of nitrogens with one attached hydrogen (secondary N) is 1. The summed E-state index contributed by atoms with van der Waals surface area (Å²) in [6.07, 6.45) is 2.29. The number of hydrogen-bond acceptors (Lipinski definition) is 4. The minimum absolute atomic E-state index is 0.0539. The third-order valence-corrected chi connectivity index (χ3v) is 4.88. The van der Waals surface area contributed by atoms with Crippen molar-refractivity contribution < 1.29 is 17.9 Å². The first kappa shape index (κ1) is 11.9. The largest absolute Gasteiger partial charge is 0.381 e. The van der Waals surface area contributed by atoms with Gasteiger partial charge in [0.15, 0.2) is 9.84 Å². The van der Waals surface area contributed by atoms with E-state index < -0.39 is 9.84 Å². The molecule has 0 saturated carbocycles. The second-order valence-electron chi connectivity index (χ2n) is 4.52. The highest BCUT2D eigenvalue weighted by Gasteiger charge is 2.31. The standard InChI is InChI=1S/C10H17NO4S/c12-10(8-2-1-4-15-6-8)11-9-3-5-16(13,14)7-9/h8-9H,1-7H2,(H,11,12). The van der Waals surface area contributed by atoms with Crippen molar-refractivity contribution in [3.63, 3.8) is 0 Å². The van der Waals surface area contributed by atoms with Crippen molar-refractivity contribution in [1.29, 1.82) is 0 Å². The third kappa shape index (κ3) is 2.95. The van der Waals surface area contributed by atoms with Crippen molar-refractivity contribution >= 4 is 15.7 Å². The number of ether oxygens (including phenoxy) is 1. The lowest BCUT2D eigenvalue weighted by atomic mass is 10.0. The molecule has 0 bridgehead atoms. The molecule has 16 heavy (non-hydrogen) atoms. The van der Waals surface area contributed by atoms with Crippen LogP contribution in [0, 0.1) is 5.92 Å². The molecule has 5 nitrogen and oxygen atoms in total. The molecular formula is C10H17NO4S. The number of carbonyl (C=O) groups is 1. The topological polar surface area (TPSA) is 72.5 Å². The number of carbonyl (C=O) groups excluding carboxylic acids is 1. The Hall–Kier alpha value is -0.620. The van der Waals surface area contributed by atoms with E-state index in [1.54, 1.807) is 0 Å². The normalized spacial score (nSPS) is 33.5. The molecule has 2 aliphatic heterocycles. The second kappa shape index (κ2) is 4.71. The van der Waals surface area contributed by atoms with Gasteiger partial charge in [-0.25, -0.2) is 8.42 Å². The lowest BCUT2D eigenvalue weighted by Crippen LogP contribution is -2.42. The summed E-state index contributed by atoms with van der Waals surface area (Å²) in [5.74, 6) is 0.129. The average molecular weight is 247 g/mol. The molecule has 0 aromatic carbocycles. The molecule has 6 heteroatoms. The molecule has 2 aliphatic rings. The van der Waals surface area contributed by atoms with Crippen LogP contribution in [-0.2, 0) is 19.4 Å². The van der Waals surface area contributed by atoms with Crippen LogP contribution in [0.15, 0.2) is 0 Å². The van der Waals surface area contributed by atoms with E-state index in [4.69, 9.17) is 4.74 Å². The molecule has 2 rings (SSSR count). The fraction of sp³-hybridized carbons (Fsp3) is 0.900. The van der Waals surface area contributed by atoms with Gasteiger partial charge in [0.05, 0.1) is 24.0 Å². The third-order valence-electron chi connectivity index (χ3n) is 3.11. The molecule has 2 saturated heterocycles. The smallest absolute Gasteiger partial charge is 0.225 e. The molecule has 2 atom stereocenters. The van der Waals surface area contributed by atoms with E-state index in [9.17, 15) is 13.2 Å². The Kier molecular flexibility index (Phi) is 3.49. The van der Waals surface area contributed by atoms with Crippen LogP contribution in [0.4, 0.5) is 0 Å². The van der Waals surface area contributed by atoms with Crippen LogP contribution in [0.25, 0.3) is 0 Å². The number of rotatable bonds is 2. The van der Waals surface area contributed by atoms with Gasteiger partial charge in [0.1, 0.15) is 0 Å². The van der Waals surface area contributed by atoms with Crippen LogP contribution in [0.5, 0.6) is 0 Å². The van der Waals surface area contributed by atoms with Gasteiger partial charge >= 0.3 is 0 Å². The van der Waals surface area contributed by atoms with E-state index >= 15 is 0 Å². The average Bonchev–Trinajstić information content (AvgIpc) is 2.59. The summed E-state index contributed by atoms with van der Waals surface area (Å²) in [4.78, 5) is 11.8. The zero-order chi connectivity index (χ0) is 11.6. The molecule has 1 amide bonds. The first-order valence-electron chi connectivity index (χ1n) is 5.65. The Labute approximate surface area is 95.5 Å². The summed E-state index contributed by atoms with van der Waals surface area (Å²) in [5.41, 5.74) is 0. The van der Waals surface area contributed by atoms with Crippen molar-refractivity contribution in [3.8, 4) is 0 Å². The summed E-state index contributed by atoms with van der Waals surface area (Å²) >= 11 is 0. The molecule has 0 aliphatic carbocycles. The zero-order valence-electron chi connectivity index (χ0n) is 9.15.